The summed E-state index contributed by atoms with van der Waals surface area (Å²) in [7, 11) is 0. The zero-order valence-electron chi connectivity index (χ0n) is 15.1. The van der Waals surface area contributed by atoms with Crippen molar-refractivity contribution >= 4 is 5.91 Å². The number of hydrogen-bond acceptors (Lipinski definition) is 5. The molecule has 6 nitrogen and oxygen atoms in total. The molecule has 0 rings (SSSR count). The molecule has 0 aliphatic heterocycles. The van der Waals surface area contributed by atoms with Crippen LogP contribution in [0.15, 0.2) is 0 Å². The zero-order chi connectivity index (χ0) is 16.8. The first-order chi connectivity index (χ1) is 10.5. The lowest BCUT2D eigenvalue weighted by Crippen LogP contribution is -2.41. The van der Waals surface area contributed by atoms with Gasteiger partial charge in [0.2, 0.25) is 5.91 Å². The summed E-state index contributed by atoms with van der Waals surface area (Å²) in [6.45, 7) is 16.5. The molecular weight excluding hydrogens is 280 g/mol. The minimum Gasteiger partial charge on any atom is -0.379 e. The summed E-state index contributed by atoms with van der Waals surface area (Å²) in [5.41, 5.74) is 0. The van der Waals surface area contributed by atoms with Gasteiger partial charge in [0.05, 0.1) is 19.8 Å². The Bertz CT molecular complexity index is 273. The Balaban J connectivity index is 3.39. The molecule has 0 aromatic carbocycles. The molecule has 6 heteroatoms. The number of hydrogen-bond donors (Lipinski definition) is 3. The van der Waals surface area contributed by atoms with Crippen LogP contribution >= 0.6 is 0 Å². The highest BCUT2D eigenvalue weighted by Crippen LogP contribution is 1.95. The van der Waals surface area contributed by atoms with Gasteiger partial charge in [0.1, 0.15) is 0 Å². The summed E-state index contributed by atoms with van der Waals surface area (Å²) in [5, 5.41) is 9.31. The maximum Gasteiger partial charge on any atom is 0.234 e. The fourth-order valence-electron chi connectivity index (χ4n) is 2.05. The van der Waals surface area contributed by atoms with Gasteiger partial charge < -0.3 is 20.7 Å². The molecule has 0 bridgehead atoms. The number of nitrogens with one attached hydrogen (secondary N) is 3. The zero-order valence-corrected chi connectivity index (χ0v) is 15.1. The largest absolute Gasteiger partial charge is 0.379 e. The van der Waals surface area contributed by atoms with Crippen molar-refractivity contribution in [1.29, 1.82) is 0 Å². The topological polar surface area (TPSA) is 65.6 Å². The Morgan fingerprint density at radius 1 is 1.09 bits per heavy atom. The van der Waals surface area contributed by atoms with Gasteiger partial charge in [-0.05, 0) is 20.4 Å². The fraction of sp³-hybridized carbons (Fsp3) is 0.938. The molecule has 132 valence electrons. The van der Waals surface area contributed by atoms with Gasteiger partial charge >= 0.3 is 0 Å². The Labute approximate surface area is 136 Å². The van der Waals surface area contributed by atoms with E-state index in [-0.39, 0.29) is 5.91 Å². The van der Waals surface area contributed by atoms with Crippen LogP contribution in [0.25, 0.3) is 0 Å². The molecule has 0 atom stereocenters. The third-order valence-corrected chi connectivity index (χ3v) is 3.37. The predicted octanol–water partition coefficient (Wildman–Crippen LogP) is 0.437. The average molecular weight is 316 g/mol. The second kappa shape index (κ2) is 13.9. The lowest BCUT2D eigenvalue weighted by atomic mass is 10.3. The first-order valence-corrected chi connectivity index (χ1v) is 8.50. The van der Waals surface area contributed by atoms with Crippen LogP contribution in [-0.2, 0) is 9.53 Å². The molecule has 0 spiro atoms. The maximum atomic E-state index is 11.6. The van der Waals surface area contributed by atoms with E-state index in [2.05, 4.69) is 55.5 Å². The molecule has 1 amide bonds. The van der Waals surface area contributed by atoms with Gasteiger partial charge in [0.15, 0.2) is 0 Å². The van der Waals surface area contributed by atoms with Crippen LogP contribution in [0.2, 0.25) is 0 Å². The van der Waals surface area contributed by atoms with Crippen molar-refractivity contribution in [2.45, 2.75) is 46.7 Å². The van der Waals surface area contributed by atoms with Gasteiger partial charge in [-0.1, -0.05) is 20.8 Å². The predicted molar refractivity (Wildman–Crippen MR) is 92.2 cm³/mol. The van der Waals surface area contributed by atoms with Gasteiger partial charge in [-0.3, -0.25) is 9.69 Å². The van der Waals surface area contributed by atoms with Crippen molar-refractivity contribution in [1.82, 2.24) is 20.9 Å². The van der Waals surface area contributed by atoms with Crippen LogP contribution in [0, 0.1) is 0 Å². The van der Waals surface area contributed by atoms with Crippen LogP contribution < -0.4 is 16.0 Å². The van der Waals surface area contributed by atoms with Crippen molar-refractivity contribution in [2.24, 2.45) is 0 Å². The van der Waals surface area contributed by atoms with E-state index in [0.717, 1.165) is 19.6 Å². The Kier molecular flexibility index (Phi) is 13.5. The summed E-state index contributed by atoms with van der Waals surface area (Å²) in [6.07, 6.45) is 0. The molecule has 0 radical (unpaired) electrons. The van der Waals surface area contributed by atoms with Gasteiger partial charge in [0.25, 0.3) is 0 Å². The highest BCUT2D eigenvalue weighted by atomic mass is 16.5. The molecule has 0 aromatic heterocycles. The SMILES string of the molecule is CCN(CCNC(=O)CNCCOCCNC(C)C)C(C)C. The van der Waals surface area contributed by atoms with Crippen LogP contribution in [-0.4, -0.2) is 75.4 Å². The minimum atomic E-state index is 0.0429. The Morgan fingerprint density at radius 2 is 1.77 bits per heavy atom. The average Bonchev–Trinajstić information content (AvgIpc) is 2.45. The van der Waals surface area contributed by atoms with Gasteiger partial charge in [-0.2, -0.15) is 0 Å². The molecule has 3 N–H and O–H groups in total. The standard InChI is InChI=1S/C16H36N4O2/c1-6-20(15(4)5)10-7-19-16(21)13-17-8-11-22-12-9-18-14(2)3/h14-15,17-18H,6-13H2,1-5H3,(H,19,21). The van der Waals surface area contributed by atoms with Crippen LogP contribution in [0.1, 0.15) is 34.6 Å². The minimum absolute atomic E-state index is 0.0429. The molecule has 0 heterocycles. The highest BCUT2D eigenvalue weighted by Gasteiger charge is 2.07. The number of likely N-dealkylation sites (N-methyl/N-ethyl adjacent to an activating group) is 1. The van der Waals surface area contributed by atoms with Crippen molar-refractivity contribution < 1.29 is 9.53 Å². The molecule has 0 fully saturated rings. The number of ether oxygens (including phenoxy) is 1. The van der Waals surface area contributed by atoms with Crippen molar-refractivity contribution in [3.63, 3.8) is 0 Å². The molecule has 0 aliphatic rings. The van der Waals surface area contributed by atoms with Crippen molar-refractivity contribution in [2.75, 3.05) is 52.5 Å². The van der Waals surface area contributed by atoms with Crippen molar-refractivity contribution in [3.05, 3.63) is 0 Å². The van der Waals surface area contributed by atoms with Crippen LogP contribution in [0.5, 0.6) is 0 Å². The number of carbonyl (C=O) groups excluding carboxylic acids is 1. The monoisotopic (exact) mass is 316 g/mol. The van der Waals surface area contributed by atoms with E-state index in [1.54, 1.807) is 0 Å². The van der Waals surface area contributed by atoms with E-state index in [9.17, 15) is 4.79 Å². The Hall–Kier alpha value is -0.690. The van der Waals surface area contributed by atoms with E-state index in [1.165, 1.54) is 0 Å². The number of nitrogens with zero attached hydrogens (tertiary/aromatic N) is 1. The molecule has 0 aromatic rings. The second-order valence-electron chi connectivity index (χ2n) is 5.97. The van der Waals surface area contributed by atoms with Gasteiger partial charge in [-0.15, -0.1) is 0 Å². The molecule has 22 heavy (non-hydrogen) atoms. The third kappa shape index (κ3) is 13.0. The van der Waals surface area contributed by atoms with E-state index >= 15 is 0 Å². The second-order valence-corrected chi connectivity index (χ2v) is 5.97. The summed E-state index contributed by atoms with van der Waals surface area (Å²) in [5.74, 6) is 0.0429. The quantitative estimate of drug-likeness (QED) is 0.406. The third-order valence-electron chi connectivity index (χ3n) is 3.37. The molecule has 0 saturated carbocycles. The van der Waals surface area contributed by atoms with Crippen molar-refractivity contribution in [3.8, 4) is 0 Å². The number of amides is 1. The first-order valence-electron chi connectivity index (χ1n) is 8.50. The van der Waals surface area contributed by atoms with E-state index in [0.29, 0.717) is 44.9 Å². The summed E-state index contributed by atoms with van der Waals surface area (Å²) in [4.78, 5) is 14.0. The van der Waals surface area contributed by atoms with E-state index in [1.807, 2.05) is 0 Å². The maximum absolute atomic E-state index is 11.6. The first kappa shape index (κ1) is 21.3. The lowest BCUT2D eigenvalue weighted by molar-refractivity contribution is -0.120. The summed E-state index contributed by atoms with van der Waals surface area (Å²) in [6, 6.07) is 1.01. The molecule has 0 unspecified atom stereocenters. The Morgan fingerprint density at radius 3 is 2.36 bits per heavy atom. The number of rotatable bonds is 14. The highest BCUT2D eigenvalue weighted by molar-refractivity contribution is 5.77. The lowest BCUT2D eigenvalue weighted by Gasteiger charge is -2.24. The fourth-order valence-corrected chi connectivity index (χ4v) is 2.05. The van der Waals surface area contributed by atoms with E-state index in [4.69, 9.17) is 4.74 Å². The smallest absolute Gasteiger partial charge is 0.234 e. The van der Waals surface area contributed by atoms with Crippen LogP contribution in [0.3, 0.4) is 0 Å². The normalized spacial score (nSPS) is 11.6. The van der Waals surface area contributed by atoms with Gasteiger partial charge in [0, 0.05) is 38.3 Å². The van der Waals surface area contributed by atoms with Crippen LogP contribution in [0.4, 0.5) is 0 Å². The molecule has 0 saturated heterocycles. The number of carbonyl (C=O) groups is 1. The summed E-state index contributed by atoms with van der Waals surface area (Å²) < 4.78 is 5.46. The van der Waals surface area contributed by atoms with Gasteiger partial charge in [-0.25, -0.2) is 0 Å². The van der Waals surface area contributed by atoms with E-state index < -0.39 is 0 Å². The molecule has 0 aliphatic carbocycles. The summed E-state index contributed by atoms with van der Waals surface area (Å²) >= 11 is 0. The molecular formula is C16H36N4O2.